The molecule has 1 unspecified atom stereocenters. The van der Waals surface area contributed by atoms with Crippen LogP contribution < -0.4 is 20.9 Å². The average Bonchev–Trinajstić information content (AvgIpc) is 2.61. The third-order valence-electron chi connectivity index (χ3n) is 3.27. The van der Waals surface area contributed by atoms with Crippen molar-refractivity contribution in [3.63, 3.8) is 0 Å². The Morgan fingerprint density at radius 2 is 1.57 bits per heavy atom. The lowest BCUT2D eigenvalue weighted by Crippen LogP contribution is -2.38. The summed E-state index contributed by atoms with van der Waals surface area (Å²) >= 11 is 0. The molecule has 0 saturated heterocycles. The predicted molar refractivity (Wildman–Crippen MR) is 97.0 cm³/mol. The number of guanidine groups is 1. The Morgan fingerprint density at radius 1 is 1.07 bits per heavy atom. The molecule has 1 atom stereocenters. The highest BCUT2D eigenvalue weighted by atomic mass is 32.2. The van der Waals surface area contributed by atoms with E-state index in [4.69, 9.17) is 15.6 Å². The summed E-state index contributed by atoms with van der Waals surface area (Å²) in [5.41, 5.74) is 5.07. The molecule has 150 valence electrons. The predicted octanol–water partition coefficient (Wildman–Crippen LogP) is 2.37. The minimum atomic E-state index is -4.88. The van der Waals surface area contributed by atoms with Crippen LogP contribution in [0.4, 0.5) is 13.2 Å². The van der Waals surface area contributed by atoms with Crippen molar-refractivity contribution in [2.75, 3.05) is 7.05 Å². The summed E-state index contributed by atoms with van der Waals surface area (Å²) in [7, 11) is -1.59. The van der Waals surface area contributed by atoms with Crippen LogP contribution in [0.2, 0.25) is 0 Å². The normalized spacial score (nSPS) is 14.1. The molecule has 8 nitrogen and oxygen atoms in total. The van der Waals surface area contributed by atoms with Gasteiger partial charge in [0.05, 0.1) is 4.90 Å². The van der Waals surface area contributed by atoms with Gasteiger partial charge in [0.1, 0.15) is 21.4 Å². The van der Waals surface area contributed by atoms with Gasteiger partial charge in [-0.05, 0) is 48.5 Å². The third kappa shape index (κ3) is 5.96. The molecular weight excluding hydrogens is 399 g/mol. The first-order valence-corrected chi connectivity index (χ1v) is 9.12. The van der Waals surface area contributed by atoms with E-state index in [9.17, 15) is 22.2 Å². The Kier molecular flexibility index (Phi) is 6.26. The highest BCUT2D eigenvalue weighted by Gasteiger charge is 2.27. The van der Waals surface area contributed by atoms with Crippen molar-refractivity contribution in [1.82, 2.24) is 5.32 Å². The molecule has 0 fully saturated rings. The summed E-state index contributed by atoms with van der Waals surface area (Å²) < 4.78 is 57.3. The van der Waals surface area contributed by atoms with E-state index in [0.29, 0.717) is 16.4 Å². The second kappa shape index (κ2) is 8.27. The first-order valence-electron chi connectivity index (χ1n) is 7.54. The maximum Gasteiger partial charge on any atom is 0.506 e. The van der Waals surface area contributed by atoms with E-state index < -0.39 is 28.1 Å². The largest absolute Gasteiger partial charge is 0.506 e. The van der Waals surface area contributed by atoms with Crippen molar-refractivity contribution >= 4 is 21.8 Å². The smallest absolute Gasteiger partial charge is 0.457 e. The molecule has 0 spiro atoms. The number of nitrogens with zero attached hydrogens (tertiary/aromatic N) is 2. The van der Waals surface area contributed by atoms with Gasteiger partial charge in [0, 0.05) is 12.6 Å². The van der Waals surface area contributed by atoms with Crippen LogP contribution in [-0.4, -0.2) is 29.4 Å². The standard InChI is InChI=1S/C16H16F3N5O3S/c1-22-28(21,26)13-8-6-12(7-9-13)27-11-4-2-10(3-5-11)14(25)23-15(20)24-16(17,18)19/h2-9H,1H3,(H2,21,22,26)(H3,20,23,24,25). The number of nitrogens with two attached hydrogens (primary N) is 2. The zero-order chi connectivity index (χ0) is 20.9. The zero-order valence-corrected chi connectivity index (χ0v) is 15.3. The second-order valence-corrected chi connectivity index (χ2v) is 7.24. The number of carbonyl (C=O) groups excluding carboxylic acids is 1. The van der Waals surface area contributed by atoms with Gasteiger partial charge in [-0.15, -0.1) is 13.2 Å². The van der Waals surface area contributed by atoms with E-state index in [1.807, 2.05) is 5.32 Å². The summed E-state index contributed by atoms with van der Waals surface area (Å²) in [5, 5.41) is 7.38. The number of benzene rings is 2. The fourth-order valence-electron chi connectivity index (χ4n) is 1.97. The topological polar surface area (TPSA) is 132 Å². The molecule has 12 heteroatoms. The fourth-order valence-corrected chi connectivity index (χ4v) is 2.71. The lowest BCUT2D eigenvalue weighted by Gasteiger charge is -2.09. The van der Waals surface area contributed by atoms with E-state index in [1.165, 1.54) is 43.4 Å². The molecule has 1 amide bonds. The fraction of sp³-hybridized carbons (Fsp3) is 0.125. The Hall–Kier alpha value is -3.12. The highest BCUT2D eigenvalue weighted by Crippen LogP contribution is 2.23. The van der Waals surface area contributed by atoms with Crippen LogP contribution in [0, 0.1) is 0 Å². The minimum absolute atomic E-state index is 0.0513. The summed E-state index contributed by atoms with van der Waals surface area (Å²) in [6.45, 7) is 0. The van der Waals surface area contributed by atoms with Gasteiger partial charge in [-0.1, -0.05) is 0 Å². The zero-order valence-electron chi connectivity index (χ0n) is 14.4. The van der Waals surface area contributed by atoms with E-state index in [0.717, 1.165) is 0 Å². The molecule has 2 aromatic rings. The van der Waals surface area contributed by atoms with Crippen molar-refractivity contribution in [2.24, 2.45) is 20.2 Å². The molecule has 0 aliphatic carbocycles. The molecule has 28 heavy (non-hydrogen) atoms. The average molecular weight is 415 g/mol. The quantitative estimate of drug-likeness (QED) is 0.402. The Morgan fingerprint density at radius 3 is 2.04 bits per heavy atom. The van der Waals surface area contributed by atoms with Crippen molar-refractivity contribution in [3.05, 3.63) is 54.1 Å². The van der Waals surface area contributed by atoms with Crippen molar-refractivity contribution in [1.29, 1.82) is 0 Å². The maximum atomic E-state index is 12.1. The highest BCUT2D eigenvalue weighted by molar-refractivity contribution is 7.91. The molecule has 0 radical (unpaired) electrons. The Labute approximate surface area is 158 Å². The molecule has 0 heterocycles. The summed E-state index contributed by atoms with van der Waals surface area (Å²) in [6, 6.07) is 11.7. The molecule has 0 bridgehead atoms. The molecule has 0 aliphatic rings. The Balaban J connectivity index is 2.06. The van der Waals surface area contributed by atoms with Gasteiger partial charge < -0.3 is 10.5 Å². The van der Waals surface area contributed by atoms with E-state index in [-0.39, 0.29) is 5.56 Å². The SMILES string of the molecule is CN=S(N)(=O)c1ccc(Oc2ccc(C(=O)NC(N)=NC(F)(F)F)cc2)cc1. The second-order valence-electron chi connectivity index (χ2n) is 5.27. The number of halogens is 3. The molecule has 0 aromatic heterocycles. The molecular formula is C16H16F3N5O3S. The number of rotatable bonds is 4. The van der Waals surface area contributed by atoms with Crippen LogP contribution in [0.25, 0.3) is 0 Å². The van der Waals surface area contributed by atoms with Crippen LogP contribution in [-0.2, 0) is 9.92 Å². The van der Waals surface area contributed by atoms with Crippen LogP contribution >= 0.6 is 0 Å². The maximum absolute atomic E-state index is 12.1. The monoisotopic (exact) mass is 415 g/mol. The first-order chi connectivity index (χ1) is 13.0. The molecule has 5 N–H and O–H groups in total. The van der Waals surface area contributed by atoms with Gasteiger partial charge in [0.15, 0.2) is 0 Å². The third-order valence-corrected chi connectivity index (χ3v) is 4.76. The van der Waals surface area contributed by atoms with Gasteiger partial charge in [-0.2, -0.15) is 4.99 Å². The van der Waals surface area contributed by atoms with Gasteiger partial charge in [0.25, 0.3) is 5.91 Å². The number of nitrogens with one attached hydrogen (secondary N) is 1. The molecule has 0 saturated carbocycles. The summed E-state index contributed by atoms with van der Waals surface area (Å²) in [4.78, 5) is 14.4. The number of hydrogen-bond donors (Lipinski definition) is 3. The van der Waals surface area contributed by atoms with Crippen molar-refractivity contribution in [2.45, 2.75) is 11.2 Å². The molecule has 0 aliphatic heterocycles. The summed E-state index contributed by atoms with van der Waals surface area (Å²) in [5.74, 6) is -1.15. The van der Waals surface area contributed by atoms with Crippen molar-refractivity contribution < 1.29 is 26.9 Å². The number of aliphatic imine (C=N–C) groups is 1. The van der Waals surface area contributed by atoms with Crippen LogP contribution in [0.1, 0.15) is 10.4 Å². The number of amides is 1. The van der Waals surface area contributed by atoms with Gasteiger partial charge >= 0.3 is 6.30 Å². The number of alkyl halides is 3. The number of hydrogen-bond acceptors (Lipinski definition) is 5. The van der Waals surface area contributed by atoms with E-state index in [1.54, 1.807) is 12.1 Å². The van der Waals surface area contributed by atoms with E-state index in [2.05, 4.69) is 9.36 Å². The Bertz CT molecular complexity index is 996. The first kappa shape index (κ1) is 21.2. The lowest BCUT2D eigenvalue weighted by molar-refractivity contribution is -0.119. The lowest BCUT2D eigenvalue weighted by atomic mass is 10.2. The molecule has 2 aromatic carbocycles. The number of ether oxygens (including phenoxy) is 1. The molecule has 2 rings (SSSR count). The number of carbonyl (C=O) groups is 1. The van der Waals surface area contributed by atoms with Gasteiger partial charge in [-0.25, -0.2) is 13.7 Å². The van der Waals surface area contributed by atoms with Crippen molar-refractivity contribution in [3.8, 4) is 11.5 Å². The van der Waals surface area contributed by atoms with Crippen LogP contribution in [0.3, 0.4) is 0 Å². The van der Waals surface area contributed by atoms with Crippen LogP contribution in [0.15, 0.2) is 62.8 Å². The minimum Gasteiger partial charge on any atom is -0.457 e. The van der Waals surface area contributed by atoms with Gasteiger partial charge in [0.2, 0.25) is 5.96 Å². The van der Waals surface area contributed by atoms with Crippen LogP contribution in [0.5, 0.6) is 11.5 Å². The van der Waals surface area contributed by atoms with E-state index >= 15 is 0 Å². The summed E-state index contributed by atoms with van der Waals surface area (Å²) in [6.07, 6.45) is -4.88. The van der Waals surface area contributed by atoms with Gasteiger partial charge in [-0.3, -0.25) is 10.1 Å².